The number of aromatic hydroxyl groups is 1. The molecule has 7 heteroatoms. The van der Waals surface area contributed by atoms with Crippen molar-refractivity contribution in [3.8, 4) is 11.5 Å². The monoisotopic (exact) mass is 485 g/mol. The molecule has 0 bridgehead atoms. The molecule has 0 saturated heterocycles. The van der Waals surface area contributed by atoms with E-state index in [1.54, 1.807) is 12.1 Å². The summed E-state index contributed by atoms with van der Waals surface area (Å²) in [6, 6.07) is 16.7. The second kappa shape index (κ2) is 9.07. The maximum atomic E-state index is 9.61. The van der Waals surface area contributed by atoms with E-state index in [4.69, 9.17) is 39.5 Å². The maximum absolute atomic E-state index is 9.61. The fourth-order valence-corrected chi connectivity index (χ4v) is 3.54. The number of phenolic OH excluding ortho intramolecular Hbond substituents is 1. The molecule has 3 nitrogen and oxygen atoms in total. The van der Waals surface area contributed by atoms with Crippen molar-refractivity contribution in [1.82, 2.24) is 0 Å². The van der Waals surface area contributed by atoms with Gasteiger partial charge in [-0.2, -0.15) is 0 Å². The van der Waals surface area contributed by atoms with Gasteiger partial charge in [-0.1, -0.05) is 53.0 Å². The molecule has 0 spiro atoms. The molecular formula is C20H15BrCl3NO2. The number of halogens is 4. The molecule has 140 valence electrons. The lowest BCUT2D eigenvalue weighted by atomic mass is 10.2. The quantitative estimate of drug-likeness (QED) is 0.358. The highest BCUT2D eigenvalue weighted by Crippen LogP contribution is 2.35. The molecule has 0 heterocycles. The zero-order chi connectivity index (χ0) is 19.4. The molecule has 0 aliphatic carbocycles. The van der Waals surface area contributed by atoms with E-state index >= 15 is 0 Å². The van der Waals surface area contributed by atoms with Gasteiger partial charge in [0.1, 0.15) is 12.4 Å². The Morgan fingerprint density at radius 3 is 2.15 bits per heavy atom. The van der Waals surface area contributed by atoms with Crippen molar-refractivity contribution in [2.24, 2.45) is 0 Å². The van der Waals surface area contributed by atoms with Gasteiger partial charge in [0.2, 0.25) is 0 Å². The first kappa shape index (κ1) is 20.2. The Labute approximate surface area is 181 Å². The highest BCUT2D eigenvalue weighted by Gasteiger charge is 2.08. The Bertz CT molecular complexity index is 925. The first-order valence-corrected chi connectivity index (χ1v) is 9.92. The second-order valence-corrected chi connectivity index (χ2v) is 7.93. The van der Waals surface area contributed by atoms with Gasteiger partial charge in [-0.15, -0.1) is 0 Å². The van der Waals surface area contributed by atoms with Crippen LogP contribution in [0.25, 0.3) is 0 Å². The summed E-state index contributed by atoms with van der Waals surface area (Å²) < 4.78 is 6.71. The fraction of sp³-hybridized carbons (Fsp3) is 0.100. The van der Waals surface area contributed by atoms with Gasteiger partial charge in [0.25, 0.3) is 0 Å². The Morgan fingerprint density at radius 2 is 1.52 bits per heavy atom. The van der Waals surface area contributed by atoms with Gasteiger partial charge in [0.05, 0.1) is 14.5 Å². The number of nitrogens with one attached hydrogen (secondary N) is 1. The minimum atomic E-state index is -0.117. The van der Waals surface area contributed by atoms with Crippen LogP contribution in [0.2, 0.25) is 15.1 Å². The largest absolute Gasteiger partial charge is 0.505 e. The maximum Gasteiger partial charge on any atom is 0.152 e. The lowest BCUT2D eigenvalue weighted by Gasteiger charge is -2.12. The van der Waals surface area contributed by atoms with Crippen LogP contribution in [0.1, 0.15) is 11.1 Å². The van der Waals surface area contributed by atoms with Crippen molar-refractivity contribution in [3.05, 3.63) is 85.3 Å². The molecule has 27 heavy (non-hydrogen) atoms. The summed E-state index contributed by atoms with van der Waals surface area (Å²) in [6.07, 6.45) is 0. The molecule has 0 aliphatic rings. The molecule has 0 unspecified atom stereocenters. The number of phenols is 1. The average molecular weight is 488 g/mol. The standard InChI is InChI=1S/C20H15BrCl3NO2/c21-16-7-13(10-25-15-8-17(23)20(26)18(24)9-15)3-6-19(16)27-11-12-1-4-14(22)5-2-12/h1-9,25-26H,10-11H2. The minimum absolute atomic E-state index is 0.117. The summed E-state index contributed by atoms with van der Waals surface area (Å²) in [5.41, 5.74) is 2.81. The molecule has 0 radical (unpaired) electrons. The van der Waals surface area contributed by atoms with Crippen molar-refractivity contribution in [3.63, 3.8) is 0 Å². The van der Waals surface area contributed by atoms with Crippen LogP contribution in [0.15, 0.2) is 59.1 Å². The zero-order valence-electron chi connectivity index (χ0n) is 14.0. The van der Waals surface area contributed by atoms with Gasteiger partial charge >= 0.3 is 0 Å². The predicted molar refractivity (Wildman–Crippen MR) is 115 cm³/mol. The zero-order valence-corrected chi connectivity index (χ0v) is 17.8. The minimum Gasteiger partial charge on any atom is -0.505 e. The van der Waals surface area contributed by atoms with E-state index < -0.39 is 0 Å². The molecule has 0 atom stereocenters. The Kier molecular flexibility index (Phi) is 6.77. The molecule has 3 aromatic carbocycles. The van der Waals surface area contributed by atoms with Crippen molar-refractivity contribution in [2.75, 3.05) is 5.32 Å². The van der Waals surface area contributed by atoms with E-state index in [0.717, 1.165) is 27.0 Å². The van der Waals surface area contributed by atoms with Crippen LogP contribution in [0.5, 0.6) is 11.5 Å². The summed E-state index contributed by atoms with van der Waals surface area (Å²) in [6.45, 7) is 1.02. The van der Waals surface area contributed by atoms with E-state index in [1.807, 2.05) is 42.5 Å². The van der Waals surface area contributed by atoms with Gasteiger partial charge < -0.3 is 15.2 Å². The fourth-order valence-electron chi connectivity index (χ4n) is 2.38. The van der Waals surface area contributed by atoms with E-state index in [0.29, 0.717) is 18.2 Å². The summed E-state index contributed by atoms with van der Waals surface area (Å²) in [5.74, 6) is 0.637. The van der Waals surface area contributed by atoms with Crippen molar-refractivity contribution in [1.29, 1.82) is 0 Å². The van der Waals surface area contributed by atoms with Gasteiger partial charge in [-0.3, -0.25) is 0 Å². The molecule has 0 amide bonds. The van der Waals surface area contributed by atoms with Crippen molar-refractivity contribution in [2.45, 2.75) is 13.2 Å². The molecule has 0 fully saturated rings. The number of hydrogen-bond acceptors (Lipinski definition) is 3. The third-order valence-electron chi connectivity index (χ3n) is 3.82. The Morgan fingerprint density at radius 1 is 0.889 bits per heavy atom. The van der Waals surface area contributed by atoms with Crippen LogP contribution >= 0.6 is 50.7 Å². The summed E-state index contributed by atoms with van der Waals surface area (Å²) in [7, 11) is 0. The molecular weight excluding hydrogens is 472 g/mol. The highest BCUT2D eigenvalue weighted by atomic mass is 79.9. The van der Waals surface area contributed by atoms with Crippen LogP contribution in [0.3, 0.4) is 0 Å². The first-order valence-electron chi connectivity index (χ1n) is 8.00. The number of benzene rings is 3. The molecule has 0 aromatic heterocycles. The van der Waals surface area contributed by atoms with Gasteiger partial charge in [0.15, 0.2) is 5.75 Å². The number of hydrogen-bond donors (Lipinski definition) is 2. The van der Waals surface area contributed by atoms with Crippen LogP contribution in [-0.4, -0.2) is 5.11 Å². The van der Waals surface area contributed by atoms with E-state index in [2.05, 4.69) is 21.2 Å². The highest BCUT2D eigenvalue weighted by molar-refractivity contribution is 9.10. The normalized spacial score (nSPS) is 10.7. The predicted octanol–water partition coefficient (Wildman–Crippen LogP) is 7.31. The van der Waals surface area contributed by atoms with E-state index in [-0.39, 0.29) is 15.8 Å². The third-order valence-corrected chi connectivity index (χ3v) is 5.27. The molecule has 0 aliphatic heterocycles. The van der Waals surface area contributed by atoms with Crippen LogP contribution in [0, 0.1) is 0 Å². The number of ether oxygens (including phenoxy) is 1. The SMILES string of the molecule is Oc1c(Cl)cc(NCc2ccc(OCc3ccc(Cl)cc3)c(Br)c2)cc1Cl. The number of rotatable bonds is 6. The lowest BCUT2D eigenvalue weighted by molar-refractivity contribution is 0.304. The Balaban J connectivity index is 1.61. The first-order chi connectivity index (χ1) is 12.9. The lowest BCUT2D eigenvalue weighted by Crippen LogP contribution is -2.01. The average Bonchev–Trinajstić information content (AvgIpc) is 2.65. The summed E-state index contributed by atoms with van der Waals surface area (Å²) in [4.78, 5) is 0. The van der Waals surface area contributed by atoms with Gasteiger partial charge in [-0.05, 0) is 63.5 Å². The third kappa shape index (κ3) is 5.45. The van der Waals surface area contributed by atoms with Crippen molar-refractivity contribution >= 4 is 56.4 Å². The molecule has 0 saturated carbocycles. The van der Waals surface area contributed by atoms with Gasteiger partial charge in [0, 0.05) is 17.3 Å². The van der Waals surface area contributed by atoms with Crippen LogP contribution in [-0.2, 0) is 13.2 Å². The van der Waals surface area contributed by atoms with Crippen molar-refractivity contribution < 1.29 is 9.84 Å². The molecule has 2 N–H and O–H groups in total. The molecule has 3 rings (SSSR count). The number of anilines is 1. The van der Waals surface area contributed by atoms with Crippen LogP contribution in [0.4, 0.5) is 5.69 Å². The van der Waals surface area contributed by atoms with Gasteiger partial charge in [-0.25, -0.2) is 0 Å². The smallest absolute Gasteiger partial charge is 0.152 e. The Hall–Kier alpha value is -1.59. The van der Waals surface area contributed by atoms with E-state index in [1.165, 1.54) is 0 Å². The van der Waals surface area contributed by atoms with Crippen LogP contribution < -0.4 is 10.1 Å². The second-order valence-electron chi connectivity index (χ2n) is 5.82. The summed E-state index contributed by atoms with van der Waals surface area (Å²) >= 11 is 21.3. The summed E-state index contributed by atoms with van der Waals surface area (Å²) in [5, 5.41) is 13.9. The molecule has 3 aromatic rings. The topological polar surface area (TPSA) is 41.5 Å². The van der Waals surface area contributed by atoms with E-state index in [9.17, 15) is 5.11 Å².